The van der Waals surface area contributed by atoms with Gasteiger partial charge in [0.15, 0.2) is 0 Å². The molecule has 0 spiro atoms. The van der Waals surface area contributed by atoms with Crippen molar-refractivity contribution in [3.63, 3.8) is 0 Å². The van der Waals surface area contributed by atoms with Crippen LogP contribution in [0.25, 0.3) is 5.69 Å². The molecule has 7 nitrogen and oxygen atoms in total. The zero-order valence-electron chi connectivity index (χ0n) is 15.1. The van der Waals surface area contributed by atoms with Gasteiger partial charge in [-0.3, -0.25) is 15.0 Å². The third-order valence-electron chi connectivity index (χ3n) is 4.79. The highest BCUT2D eigenvalue weighted by Gasteiger charge is 2.50. The van der Waals surface area contributed by atoms with Crippen LogP contribution in [0.4, 0.5) is 4.79 Å². The van der Waals surface area contributed by atoms with Crippen molar-refractivity contribution in [1.29, 1.82) is 0 Å². The summed E-state index contributed by atoms with van der Waals surface area (Å²) in [6.07, 6.45) is 3.79. The second-order valence-electron chi connectivity index (χ2n) is 6.64. The van der Waals surface area contributed by atoms with Crippen LogP contribution in [-0.4, -0.2) is 27.4 Å². The van der Waals surface area contributed by atoms with E-state index in [0.717, 1.165) is 10.7 Å². The van der Waals surface area contributed by atoms with E-state index in [0.29, 0.717) is 11.1 Å². The molecule has 28 heavy (non-hydrogen) atoms. The van der Waals surface area contributed by atoms with Crippen LogP contribution >= 0.6 is 0 Å². The summed E-state index contributed by atoms with van der Waals surface area (Å²) < 4.78 is 1.91. The highest BCUT2D eigenvalue weighted by Crippen LogP contribution is 2.27. The summed E-state index contributed by atoms with van der Waals surface area (Å²) in [6, 6.07) is 18.9. The van der Waals surface area contributed by atoms with E-state index in [1.807, 2.05) is 35.2 Å². The Bertz CT molecular complexity index is 1030. The van der Waals surface area contributed by atoms with Crippen LogP contribution in [0.5, 0.6) is 0 Å². The lowest BCUT2D eigenvalue weighted by Crippen LogP contribution is -2.47. The molecule has 1 aromatic heterocycles. The Morgan fingerprint density at radius 3 is 2.21 bits per heavy atom. The second-order valence-corrected chi connectivity index (χ2v) is 6.64. The monoisotopic (exact) mass is 374 g/mol. The Kier molecular flexibility index (Phi) is 4.19. The van der Waals surface area contributed by atoms with Gasteiger partial charge >= 0.3 is 6.03 Å². The molecule has 1 atom stereocenters. The zero-order valence-corrected chi connectivity index (χ0v) is 15.1. The average molecular weight is 374 g/mol. The molecule has 0 bridgehead atoms. The van der Waals surface area contributed by atoms with Gasteiger partial charge in [-0.15, -0.1) is 0 Å². The molecule has 0 aliphatic carbocycles. The number of rotatable bonds is 4. The minimum atomic E-state index is -1.23. The Labute approximate surface area is 161 Å². The quantitative estimate of drug-likeness (QED) is 0.689. The molecule has 1 saturated heterocycles. The number of aromatic nitrogens is 1. The lowest BCUT2D eigenvalue weighted by molar-refractivity contribution is -0.132. The maximum absolute atomic E-state index is 12.8. The van der Waals surface area contributed by atoms with Crippen molar-refractivity contribution >= 4 is 17.8 Å². The number of carbonyl (C=O) groups excluding carboxylic acids is 3. The lowest BCUT2D eigenvalue weighted by Gasteiger charge is -2.22. The van der Waals surface area contributed by atoms with Crippen molar-refractivity contribution in [3.05, 3.63) is 90.3 Å². The number of hydrazine groups is 1. The molecule has 2 aromatic carbocycles. The maximum Gasteiger partial charge on any atom is 0.344 e. The van der Waals surface area contributed by atoms with Gasteiger partial charge in [0.25, 0.3) is 11.8 Å². The fraction of sp³-hybridized carbons (Fsp3) is 0.0952. The number of hydrogen-bond acceptors (Lipinski definition) is 3. The molecule has 1 aliphatic heterocycles. The first-order valence-corrected chi connectivity index (χ1v) is 8.76. The van der Waals surface area contributed by atoms with E-state index in [9.17, 15) is 14.4 Å². The summed E-state index contributed by atoms with van der Waals surface area (Å²) in [7, 11) is 0. The normalized spacial score (nSPS) is 18.8. The summed E-state index contributed by atoms with van der Waals surface area (Å²) >= 11 is 0. The average Bonchev–Trinajstić information content (AvgIpc) is 3.33. The fourth-order valence-electron chi connectivity index (χ4n) is 3.17. The van der Waals surface area contributed by atoms with Crippen molar-refractivity contribution in [2.45, 2.75) is 12.5 Å². The number of hydrogen-bond donors (Lipinski definition) is 2. The molecule has 4 rings (SSSR count). The largest absolute Gasteiger partial charge is 0.344 e. The van der Waals surface area contributed by atoms with E-state index in [1.165, 1.54) is 0 Å². The van der Waals surface area contributed by atoms with E-state index in [2.05, 4.69) is 10.7 Å². The van der Waals surface area contributed by atoms with E-state index < -0.39 is 23.4 Å². The molecule has 1 aliphatic rings. The molecule has 0 unspecified atom stereocenters. The van der Waals surface area contributed by atoms with E-state index >= 15 is 0 Å². The molecule has 140 valence electrons. The van der Waals surface area contributed by atoms with Gasteiger partial charge in [0.2, 0.25) is 0 Å². The number of urea groups is 1. The van der Waals surface area contributed by atoms with Crippen LogP contribution in [0, 0.1) is 0 Å². The Balaban J connectivity index is 1.51. The molecule has 0 radical (unpaired) electrons. The van der Waals surface area contributed by atoms with E-state index in [-0.39, 0.29) is 0 Å². The first kappa shape index (κ1) is 17.5. The number of carbonyl (C=O) groups is 3. The lowest BCUT2D eigenvalue weighted by atomic mass is 9.92. The highest BCUT2D eigenvalue weighted by molar-refractivity contribution is 6.09. The highest BCUT2D eigenvalue weighted by atomic mass is 16.2. The topological polar surface area (TPSA) is 83.4 Å². The first-order valence-electron chi connectivity index (χ1n) is 8.76. The third kappa shape index (κ3) is 2.92. The van der Waals surface area contributed by atoms with Gasteiger partial charge in [-0.1, -0.05) is 30.3 Å². The molecule has 1 fully saturated rings. The van der Waals surface area contributed by atoms with Gasteiger partial charge in [0, 0.05) is 23.6 Å². The van der Waals surface area contributed by atoms with Crippen LogP contribution in [-0.2, 0) is 10.3 Å². The second kappa shape index (κ2) is 6.70. The summed E-state index contributed by atoms with van der Waals surface area (Å²) in [5.74, 6) is -1.08. The number of amides is 4. The smallest absolute Gasteiger partial charge is 0.324 e. The molecule has 2 heterocycles. The fourth-order valence-corrected chi connectivity index (χ4v) is 3.17. The van der Waals surface area contributed by atoms with Crippen LogP contribution in [0.3, 0.4) is 0 Å². The van der Waals surface area contributed by atoms with Crippen LogP contribution in [0.15, 0.2) is 79.1 Å². The summed E-state index contributed by atoms with van der Waals surface area (Å²) in [6.45, 7) is 1.61. The Hall–Kier alpha value is -3.87. The number of benzene rings is 2. The van der Waals surface area contributed by atoms with Gasteiger partial charge in [-0.05, 0) is 48.9 Å². The minimum absolute atomic E-state index is 0.338. The van der Waals surface area contributed by atoms with Crippen molar-refractivity contribution in [1.82, 2.24) is 20.3 Å². The predicted molar refractivity (Wildman–Crippen MR) is 102 cm³/mol. The molecular formula is C21H18N4O3. The van der Waals surface area contributed by atoms with Gasteiger partial charge in [0.05, 0.1) is 0 Å². The predicted octanol–water partition coefficient (Wildman–Crippen LogP) is 2.59. The van der Waals surface area contributed by atoms with Gasteiger partial charge in [0.1, 0.15) is 5.54 Å². The van der Waals surface area contributed by atoms with Crippen LogP contribution < -0.4 is 10.7 Å². The molecule has 4 amide bonds. The molecule has 7 heteroatoms. The summed E-state index contributed by atoms with van der Waals surface area (Å²) in [5, 5.41) is 3.38. The van der Waals surface area contributed by atoms with Crippen molar-refractivity contribution in [2.24, 2.45) is 0 Å². The standard InChI is InChI=1S/C21H18N4O3/c1-21(16-7-3-2-4-8-16)19(27)25(20(28)22-21)23-18(26)15-9-11-17(12-10-15)24-13-5-6-14-24/h2-14H,1H3,(H,22,28)(H,23,26)/t21-/m0/s1. The number of nitrogens with zero attached hydrogens (tertiary/aromatic N) is 2. The number of nitrogens with one attached hydrogen (secondary N) is 2. The SMILES string of the molecule is C[C@@]1(c2ccccc2)NC(=O)N(NC(=O)c2ccc(-n3cccc3)cc2)C1=O. The molecular weight excluding hydrogens is 356 g/mol. The minimum Gasteiger partial charge on any atom is -0.324 e. The van der Waals surface area contributed by atoms with Crippen molar-refractivity contribution in [2.75, 3.05) is 0 Å². The van der Waals surface area contributed by atoms with Gasteiger partial charge in [-0.2, -0.15) is 5.01 Å². The molecule has 3 aromatic rings. The zero-order chi connectivity index (χ0) is 19.7. The number of imide groups is 1. The first-order chi connectivity index (χ1) is 13.5. The molecule has 0 saturated carbocycles. The van der Waals surface area contributed by atoms with Gasteiger partial charge < -0.3 is 9.88 Å². The summed E-state index contributed by atoms with van der Waals surface area (Å²) in [4.78, 5) is 37.7. The van der Waals surface area contributed by atoms with Crippen molar-refractivity contribution < 1.29 is 14.4 Å². The third-order valence-corrected chi connectivity index (χ3v) is 4.79. The van der Waals surface area contributed by atoms with E-state index in [1.54, 1.807) is 55.5 Å². The van der Waals surface area contributed by atoms with Crippen LogP contribution in [0.2, 0.25) is 0 Å². The Morgan fingerprint density at radius 2 is 1.57 bits per heavy atom. The van der Waals surface area contributed by atoms with Crippen molar-refractivity contribution in [3.8, 4) is 5.69 Å². The molecule has 2 N–H and O–H groups in total. The van der Waals surface area contributed by atoms with Gasteiger partial charge in [-0.25, -0.2) is 4.79 Å². The maximum atomic E-state index is 12.8. The van der Waals surface area contributed by atoms with Crippen LogP contribution in [0.1, 0.15) is 22.8 Å². The Morgan fingerprint density at radius 1 is 0.929 bits per heavy atom. The summed E-state index contributed by atoms with van der Waals surface area (Å²) in [5.41, 5.74) is 3.04. The van der Waals surface area contributed by atoms with E-state index in [4.69, 9.17) is 0 Å².